The van der Waals surface area contributed by atoms with Crippen molar-refractivity contribution < 1.29 is 19.0 Å². The van der Waals surface area contributed by atoms with E-state index in [1.807, 2.05) is 61.5 Å². The molecule has 0 spiro atoms. The lowest BCUT2D eigenvalue weighted by atomic mass is 9.83. The number of nitrogens with two attached hydrogens (primary N) is 1. The Balaban J connectivity index is 1.64. The van der Waals surface area contributed by atoms with E-state index >= 15 is 0 Å². The Labute approximate surface area is 192 Å². The molecule has 0 fully saturated rings. The van der Waals surface area contributed by atoms with E-state index in [0.29, 0.717) is 29.4 Å². The molecule has 1 unspecified atom stereocenters. The summed E-state index contributed by atoms with van der Waals surface area (Å²) in [5, 5.41) is 9.78. The highest BCUT2D eigenvalue weighted by Crippen LogP contribution is 2.45. The molecule has 0 aliphatic carbocycles. The van der Waals surface area contributed by atoms with Crippen molar-refractivity contribution in [1.82, 2.24) is 0 Å². The first-order chi connectivity index (χ1) is 16.1. The van der Waals surface area contributed by atoms with E-state index in [1.165, 1.54) is 6.08 Å². The van der Waals surface area contributed by atoms with Crippen LogP contribution in [0.1, 0.15) is 29.5 Å². The topological polar surface area (TPSA) is 94.6 Å². The monoisotopic (exact) mass is 438 g/mol. The van der Waals surface area contributed by atoms with Crippen molar-refractivity contribution in [2.75, 3.05) is 6.61 Å². The maximum Gasteiger partial charge on any atom is 0.336 e. The van der Waals surface area contributed by atoms with Crippen LogP contribution in [0, 0.1) is 11.3 Å². The van der Waals surface area contributed by atoms with Crippen LogP contribution in [-0.2, 0) is 4.79 Å². The van der Waals surface area contributed by atoms with Crippen LogP contribution in [0.15, 0.2) is 90.3 Å². The van der Waals surface area contributed by atoms with E-state index in [-0.39, 0.29) is 5.88 Å². The Bertz CT molecular complexity index is 1270. The standard InChI is InChI=1S/C27H22N2O4/c1-2-31-23-11-7-6-10-20(23)26-21-14-13-19(16-24(21)33-27(29)22(26)17-28)32-25(30)15-12-18-8-4-3-5-9-18/h3-16,26H,2,29H2,1H3/b15-12+. The Hall–Kier alpha value is -4.50. The summed E-state index contributed by atoms with van der Waals surface area (Å²) in [7, 11) is 0. The second-order valence-corrected chi connectivity index (χ2v) is 7.26. The van der Waals surface area contributed by atoms with Crippen molar-refractivity contribution in [3.05, 3.63) is 107 Å². The van der Waals surface area contributed by atoms with Crippen LogP contribution in [0.5, 0.6) is 17.2 Å². The number of ether oxygens (including phenoxy) is 3. The number of nitrogens with zero attached hydrogens (tertiary/aromatic N) is 1. The molecule has 1 aliphatic rings. The van der Waals surface area contributed by atoms with Crippen LogP contribution in [0.2, 0.25) is 0 Å². The third-order valence-corrected chi connectivity index (χ3v) is 5.15. The average molecular weight is 438 g/mol. The number of carbonyl (C=O) groups is 1. The van der Waals surface area contributed by atoms with Gasteiger partial charge in [0.2, 0.25) is 5.88 Å². The highest BCUT2D eigenvalue weighted by Gasteiger charge is 2.32. The molecule has 0 aromatic heterocycles. The lowest BCUT2D eigenvalue weighted by Gasteiger charge is -2.27. The summed E-state index contributed by atoms with van der Waals surface area (Å²) in [4.78, 5) is 12.3. The summed E-state index contributed by atoms with van der Waals surface area (Å²) in [6.07, 6.45) is 3.04. The molecule has 0 saturated carbocycles. The van der Waals surface area contributed by atoms with Gasteiger partial charge in [0.05, 0.1) is 12.5 Å². The van der Waals surface area contributed by atoms with Crippen LogP contribution in [0.4, 0.5) is 0 Å². The molecule has 6 heteroatoms. The van der Waals surface area contributed by atoms with E-state index in [9.17, 15) is 10.1 Å². The maximum atomic E-state index is 12.3. The first-order valence-electron chi connectivity index (χ1n) is 10.5. The summed E-state index contributed by atoms with van der Waals surface area (Å²) < 4.78 is 16.9. The van der Waals surface area contributed by atoms with Crippen molar-refractivity contribution in [2.45, 2.75) is 12.8 Å². The van der Waals surface area contributed by atoms with Gasteiger partial charge in [-0.1, -0.05) is 54.6 Å². The molecular formula is C27H22N2O4. The minimum Gasteiger partial charge on any atom is -0.494 e. The van der Waals surface area contributed by atoms with Crippen molar-refractivity contribution >= 4 is 12.0 Å². The number of nitriles is 1. The van der Waals surface area contributed by atoms with Gasteiger partial charge in [0, 0.05) is 23.3 Å². The van der Waals surface area contributed by atoms with Gasteiger partial charge >= 0.3 is 5.97 Å². The summed E-state index contributed by atoms with van der Waals surface area (Å²) in [6.45, 7) is 2.39. The minimum atomic E-state index is -0.519. The fraction of sp³-hybridized carbons (Fsp3) is 0.111. The zero-order chi connectivity index (χ0) is 23.2. The number of allylic oxidation sites excluding steroid dienone is 1. The third-order valence-electron chi connectivity index (χ3n) is 5.15. The first kappa shape index (κ1) is 21.7. The van der Waals surface area contributed by atoms with E-state index in [4.69, 9.17) is 19.9 Å². The van der Waals surface area contributed by atoms with E-state index in [0.717, 1.165) is 16.7 Å². The number of fused-ring (bicyclic) bond motifs is 1. The van der Waals surface area contributed by atoms with Crippen molar-refractivity contribution in [3.63, 3.8) is 0 Å². The van der Waals surface area contributed by atoms with Crippen molar-refractivity contribution in [2.24, 2.45) is 5.73 Å². The Morgan fingerprint density at radius 3 is 2.61 bits per heavy atom. The fourth-order valence-corrected chi connectivity index (χ4v) is 3.70. The molecule has 0 saturated heterocycles. The molecule has 1 heterocycles. The number of benzene rings is 3. The molecule has 0 bridgehead atoms. The molecule has 1 aliphatic heterocycles. The number of hydrogen-bond acceptors (Lipinski definition) is 6. The van der Waals surface area contributed by atoms with E-state index in [1.54, 1.807) is 24.3 Å². The van der Waals surface area contributed by atoms with Crippen LogP contribution >= 0.6 is 0 Å². The average Bonchev–Trinajstić information content (AvgIpc) is 2.83. The quantitative estimate of drug-likeness (QED) is 0.333. The summed E-state index contributed by atoms with van der Waals surface area (Å²) >= 11 is 0. The number of esters is 1. The van der Waals surface area contributed by atoms with Gasteiger partial charge in [-0.05, 0) is 30.7 Å². The van der Waals surface area contributed by atoms with Crippen molar-refractivity contribution in [1.29, 1.82) is 5.26 Å². The molecule has 6 nitrogen and oxygen atoms in total. The van der Waals surface area contributed by atoms with Gasteiger partial charge in [-0.3, -0.25) is 0 Å². The van der Waals surface area contributed by atoms with Crippen LogP contribution in [-0.4, -0.2) is 12.6 Å². The SMILES string of the molecule is CCOc1ccccc1C1C(C#N)=C(N)Oc2cc(OC(=O)/C=C/c3ccccc3)ccc21. The Kier molecular flexibility index (Phi) is 6.42. The minimum absolute atomic E-state index is 0.00810. The largest absolute Gasteiger partial charge is 0.494 e. The van der Waals surface area contributed by atoms with Crippen molar-refractivity contribution in [3.8, 4) is 23.3 Å². The number of carbonyl (C=O) groups excluding carboxylic acids is 1. The van der Waals surface area contributed by atoms with Gasteiger partial charge in [-0.15, -0.1) is 0 Å². The van der Waals surface area contributed by atoms with E-state index < -0.39 is 11.9 Å². The second kappa shape index (κ2) is 9.75. The summed E-state index contributed by atoms with van der Waals surface area (Å²) in [5.74, 6) is 0.411. The van der Waals surface area contributed by atoms with Crippen LogP contribution in [0.3, 0.4) is 0 Å². The molecule has 164 valence electrons. The second-order valence-electron chi connectivity index (χ2n) is 7.26. The molecule has 4 rings (SSSR count). The normalized spacial score (nSPS) is 14.8. The zero-order valence-corrected chi connectivity index (χ0v) is 18.0. The highest BCUT2D eigenvalue weighted by atomic mass is 16.5. The van der Waals surface area contributed by atoms with Gasteiger partial charge in [-0.2, -0.15) is 5.26 Å². The molecule has 2 N–H and O–H groups in total. The lowest BCUT2D eigenvalue weighted by Crippen LogP contribution is -2.21. The lowest BCUT2D eigenvalue weighted by molar-refractivity contribution is -0.128. The summed E-state index contributed by atoms with van der Waals surface area (Å²) in [6, 6.07) is 24.2. The molecule has 3 aromatic rings. The summed E-state index contributed by atoms with van der Waals surface area (Å²) in [5.41, 5.74) is 8.81. The highest BCUT2D eigenvalue weighted by molar-refractivity contribution is 5.88. The van der Waals surface area contributed by atoms with E-state index in [2.05, 4.69) is 6.07 Å². The third kappa shape index (κ3) is 4.73. The molecular weight excluding hydrogens is 416 g/mol. The molecule has 3 aromatic carbocycles. The Morgan fingerprint density at radius 2 is 1.85 bits per heavy atom. The Morgan fingerprint density at radius 1 is 1.09 bits per heavy atom. The number of para-hydroxylation sites is 1. The number of hydrogen-bond donors (Lipinski definition) is 1. The van der Waals surface area contributed by atoms with Crippen LogP contribution < -0.4 is 19.9 Å². The smallest absolute Gasteiger partial charge is 0.336 e. The van der Waals surface area contributed by atoms with Gasteiger partial charge in [0.15, 0.2) is 0 Å². The molecule has 0 radical (unpaired) electrons. The molecule has 1 atom stereocenters. The van der Waals surface area contributed by atoms with Crippen LogP contribution in [0.25, 0.3) is 6.08 Å². The maximum absolute atomic E-state index is 12.3. The number of rotatable bonds is 6. The van der Waals surface area contributed by atoms with Gasteiger partial charge < -0.3 is 19.9 Å². The zero-order valence-electron chi connectivity index (χ0n) is 18.0. The predicted molar refractivity (Wildman–Crippen MR) is 124 cm³/mol. The molecule has 0 amide bonds. The van der Waals surface area contributed by atoms with Gasteiger partial charge in [0.1, 0.15) is 28.9 Å². The molecule has 33 heavy (non-hydrogen) atoms. The predicted octanol–water partition coefficient (Wildman–Crippen LogP) is 4.92. The first-order valence-corrected chi connectivity index (χ1v) is 10.5. The van der Waals surface area contributed by atoms with Gasteiger partial charge in [0.25, 0.3) is 0 Å². The fourth-order valence-electron chi connectivity index (χ4n) is 3.70. The van der Waals surface area contributed by atoms with Gasteiger partial charge in [-0.25, -0.2) is 4.79 Å².